The van der Waals surface area contributed by atoms with Crippen LogP contribution in [0.4, 0.5) is 0 Å². The summed E-state index contributed by atoms with van der Waals surface area (Å²) < 4.78 is 5.16. The van der Waals surface area contributed by atoms with E-state index in [2.05, 4.69) is 11.2 Å². The van der Waals surface area contributed by atoms with Gasteiger partial charge in [-0.2, -0.15) is 5.26 Å². The molecule has 0 saturated heterocycles. The summed E-state index contributed by atoms with van der Waals surface area (Å²) >= 11 is 0. The standard InChI is InChI=1S/C14H16N2O/c1-4-14(2,3)16-11-12-5-7-13(8-6-12)17-10-9-15/h1,5-8,16H,10-11H2,2-3H3. The van der Waals surface area contributed by atoms with Gasteiger partial charge in [0.25, 0.3) is 0 Å². The predicted molar refractivity (Wildman–Crippen MR) is 67.3 cm³/mol. The van der Waals surface area contributed by atoms with E-state index in [1.165, 1.54) is 0 Å². The van der Waals surface area contributed by atoms with E-state index in [4.69, 9.17) is 16.4 Å². The Morgan fingerprint density at radius 3 is 2.53 bits per heavy atom. The van der Waals surface area contributed by atoms with Crippen LogP contribution in [-0.4, -0.2) is 12.1 Å². The lowest BCUT2D eigenvalue weighted by molar-refractivity contribution is 0.368. The molecule has 0 aliphatic carbocycles. The van der Waals surface area contributed by atoms with Gasteiger partial charge in [-0.15, -0.1) is 6.42 Å². The van der Waals surface area contributed by atoms with Gasteiger partial charge in [-0.3, -0.25) is 5.32 Å². The summed E-state index contributed by atoms with van der Waals surface area (Å²) in [6, 6.07) is 9.52. The maximum Gasteiger partial charge on any atom is 0.174 e. The number of ether oxygens (including phenoxy) is 1. The van der Waals surface area contributed by atoms with Crippen LogP contribution in [0.3, 0.4) is 0 Å². The Hall–Kier alpha value is -1.97. The minimum absolute atomic E-state index is 0.0712. The van der Waals surface area contributed by atoms with Crippen LogP contribution in [0.1, 0.15) is 19.4 Å². The molecular formula is C14H16N2O. The largest absolute Gasteiger partial charge is 0.479 e. The van der Waals surface area contributed by atoms with Gasteiger partial charge in [0.05, 0.1) is 5.54 Å². The lowest BCUT2D eigenvalue weighted by atomic mass is 10.1. The van der Waals surface area contributed by atoms with Gasteiger partial charge in [0.15, 0.2) is 6.61 Å². The zero-order chi connectivity index (χ0) is 12.7. The van der Waals surface area contributed by atoms with E-state index < -0.39 is 0 Å². The summed E-state index contributed by atoms with van der Waals surface area (Å²) in [6.45, 7) is 4.69. The van der Waals surface area contributed by atoms with Gasteiger partial charge in [-0.05, 0) is 31.5 Å². The fourth-order valence-corrected chi connectivity index (χ4v) is 1.19. The molecule has 3 heteroatoms. The quantitative estimate of drug-likeness (QED) is 0.785. The van der Waals surface area contributed by atoms with Crippen LogP contribution in [0, 0.1) is 23.7 Å². The van der Waals surface area contributed by atoms with Crippen molar-refractivity contribution in [3.05, 3.63) is 29.8 Å². The predicted octanol–water partition coefficient (Wildman–Crippen LogP) is 2.09. The molecule has 1 aromatic rings. The third-order valence-corrected chi connectivity index (χ3v) is 2.32. The number of nitrogens with one attached hydrogen (secondary N) is 1. The number of hydrogen-bond acceptors (Lipinski definition) is 3. The second kappa shape index (κ2) is 5.94. The number of benzene rings is 1. The Kier molecular flexibility index (Phi) is 4.57. The first-order valence-corrected chi connectivity index (χ1v) is 5.39. The Balaban J connectivity index is 2.52. The maximum atomic E-state index is 8.38. The highest BCUT2D eigenvalue weighted by Gasteiger charge is 2.11. The maximum absolute atomic E-state index is 8.38. The van der Waals surface area contributed by atoms with Crippen molar-refractivity contribution in [1.82, 2.24) is 5.32 Å². The molecule has 0 aromatic heterocycles. The van der Waals surface area contributed by atoms with E-state index in [1.54, 1.807) is 0 Å². The van der Waals surface area contributed by atoms with Gasteiger partial charge in [0, 0.05) is 6.54 Å². The SMILES string of the molecule is C#CC(C)(C)NCc1ccc(OCC#N)cc1. The van der Waals surface area contributed by atoms with Crippen LogP contribution in [0.5, 0.6) is 5.75 Å². The average molecular weight is 228 g/mol. The molecule has 0 aliphatic heterocycles. The molecule has 0 radical (unpaired) electrons. The van der Waals surface area contributed by atoms with Crippen molar-refractivity contribution in [3.8, 4) is 24.2 Å². The van der Waals surface area contributed by atoms with Crippen molar-refractivity contribution in [3.63, 3.8) is 0 Å². The highest BCUT2D eigenvalue weighted by atomic mass is 16.5. The fraction of sp³-hybridized carbons (Fsp3) is 0.357. The molecule has 1 rings (SSSR count). The second-order valence-electron chi connectivity index (χ2n) is 4.21. The number of rotatable bonds is 5. The normalized spacial score (nSPS) is 10.4. The Bertz CT molecular complexity index is 435. The molecule has 0 bridgehead atoms. The molecule has 0 saturated carbocycles. The molecule has 17 heavy (non-hydrogen) atoms. The molecular weight excluding hydrogens is 212 g/mol. The van der Waals surface area contributed by atoms with Crippen molar-refractivity contribution >= 4 is 0 Å². The third-order valence-electron chi connectivity index (χ3n) is 2.32. The van der Waals surface area contributed by atoms with Gasteiger partial charge < -0.3 is 4.74 Å². The van der Waals surface area contributed by atoms with Gasteiger partial charge >= 0.3 is 0 Å². The third kappa shape index (κ3) is 4.59. The van der Waals surface area contributed by atoms with Crippen LogP contribution >= 0.6 is 0 Å². The van der Waals surface area contributed by atoms with Crippen LogP contribution in [0.25, 0.3) is 0 Å². The summed E-state index contributed by atoms with van der Waals surface area (Å²) in [4.78, 5) is 0. The molecule has 1 aromatic carbocycles. The van der Waals surface area contributed by atoms with Crippen LogP contribution in [0.15, 0.2) is 24.3 Å². The van der Waals surface area contributed by atoms with Gasteiger partial charge in [-0.25, -0.2) is 0 Å². The lowest BCUT2D eigenvalue weighted by Crippen LogP contribution is -2.36. The van der Waals surface area contributed by atoms with E-state index >= 15 is 0 Å². The molecule has 0 fully saturated rings. The molecule has 0 unspecified atom stereocenters. The van der Waals surface area contributed by atoms with Crippen molar-refractivity contribution in [1.29, 1.82) is 5.26 Å². The van der Waals surface area contributed by atoms with Gasteiger partial charge in [0.1, 0.15) is 11.8 Å². The average Bonchev–Trinajstić information content (AvgIpc) is 2.35. The Morgan fingerprint density at radius 2 is 2.00 bits per heavy atom. The first-order chi connectivity index (χ1) is 8.07. The summed E-state index contributed by atoms with van der Waals surface area (Å²) in [5, 5.41) is 11.6. The zero-order valence-electron chi connectivity index (χ0n) is 10.2. The zero-order valence-corrected chi connectivity index (χ0v) is 10.2. The second-order valence-corrected chi connectivity index (χ2v) is 4.21. The lowest BCUT2D eigenvalue weighted by Gasteiger charge is -2.19. The number of nitriles is 1. The monoisotopic (exact) mass is 228 g/mol. The minimum atomic E-state index is -0.310. The van der Waals surface area contributed by atoms with E-state index in [9.17, 15) is 0 Å². The van der Waals surface area contributed by atoms with Crippen molar-refractivity contribution in [2.75, 3.05) is 6.61 Å². The van der Waals surface area contributed by atoms with E-state index in [-0.39, 0.29) is 12.1 Å². The van der Waals surface area contributed by atoms with E-state index in [1.807, 2.05) is 44.2 Å². The fourth-order valence-electron chi connectivity index (χ4n) is 1.19. The van der Waals surface area contributed by atoms with Gasteiger partial charge in [0.2, 0.25) is 0 Å². The van der Waals surface area contributed by atoms with E-state index in [0.29, 0.717) is 12.3 Å². The van der Waals surface area contributed by atoms with Crippen molar-refractivity contribution in [2.45, 2.75) is 25.9 Å². The first-order valence-electron chi connectivity index (χ1n) is 5.39. The molecule has 0 heterocycles. The molecule has 88 valence electrons. The molecule has 0 aliphatic rings. The number of terminal acetylenes is 1. The molecule has 0 amide bonds. The summed E-state index contributed by atoms with van der Waals surface area (Å²) in [5.41, 5.74) is 0.813. The van der Waals surface area contributed by atoms with Crippen molar-refractivity contribution in [2.24, 2.45) is 0 Å². The first kappa shape index (κ1) is 13.1. The van der Waals surface area contributed by atoms with Crippen LogP contribution in [-0.2, 0) is 6.54 Å². The van der Waals surface area contributed by atoms with Gasteiger partial charge in [-0.1, -0.05) is 18.1 Å². The van der Waals surface area contributed by atoms with E-state index in [0.717, 1.165) is 5.56 Å². The van der Waals surface area contributed by atoms with Crippen LogP contribution < -0.4 is 10.1 Å². The molecule has 0 atom stereocenters. The summed E-state index contributed by atoms with van der Waals surface area (Å²) in [5.74, 6) is 3.38. The Labute approximate surface area is 102 Å². The summed E-state index contributed by atoms with van der Waals surface area (Å²) in [6.07, 6.45) is 5.39. The van der Waals surface area contributed by atoms with Crippen LogP contribution in [0.2, 0.25) is 0 Å². The minimum Gasteiger partial charge on any atom is -0.479 e. The number of nitrogens with zero attached hydrogens (tertiary/aromatic N) is 1. The van der Waals surface area contributed by atoms with Crippen molar-refractivity contribution < 1.29 is 4.74 Å². The number of hydrogen-bond donors (Lipinski definition) is 1. The smallest absolute Gasteiger partial charge is 0.174 e. The molecule has 0 spiro atoms. The topological polar surface area (TPSA) is 45.0 Å². The molecule has 3 nitrogen and oxygen atoms in total. The summed E-state index contributed by atoms with van der Waals surface area (Å²) in [7, 11) is 0. The Morgan fingerprint density at radius 1 is 1.35 bits per heavy atom. The molecule has 1 N–H and O–H groups in total. The highest BCUT2D eigenvalue weighted by molar-refractivity contribution is 5.27. The highest BCUT2D eigenvalue weighted by Crippen LogP contribution is 2.12.